The maximum Gasteiger partial charge on any atom is 0.248 e. The Balaban J connectivity index is 2.44. The van der Waals surface area contributed by atoms with Crippen molar-refractivity contribution in [3.8, 4) is 17.0 Å². The second kappa shape index (κ2) is 4.02. The van der Waals surface area contributed by atoms with Crippen molar-refractivity contribution in [2.75, 3.05) is 0 Å². The largest absolute Gasteiger partial charge is 0.506 e. The molecular formula is C12H10N2O2. The number of pyridine rings is 1. The number of aromatic hydroxyl groups is 1. The minimum atomic E-state index is -0.472. The van der Waals surface area contributed by atoms with Gasteiger partial charge in [-0.2, -0.15) is 0 Å². The smallest absolute Gasteiger partial charge is 0.248 e. The van der Waals surface area contributed by atoms with Crippen LogP contribution in [0.1, 0.15) is 10.4 Å². The van der Waals surface area contributed by atoms with Crippen LogP contribution in [0.25, 0.3) is 11.3 Å². The van der Waals surface area contributed by atoms with E-state index in [2.05, 4.69) is 4.98 Å². The highest BCUT2D eigenvalue weighted by Crippen LogP contribution is 2.19. The van der Waals surface area contributed by atoms with Crippen molar-refractivity contribution in [2.24, 2.45) is 5.73 Å². The first-order chi connectivity index (χ1) is 7.66. The number of hydrogen-bond donors (Lipinski definition) is 2. The van der Waals surface area contributed by atoms with Crippen molar-refractivity contribution >= 4 is 5.91 Å². The zero-order valence-electron chi connectivity index (χ0n) is 8.42. The number of hydrogen-bond acceptors (Lipinski definition) is 3. The molecule has 0 aliphatic rings. The summed E-state index contributed by atoms with van der Waals surface area (Å²) in [6.07, 6.45) is 1.35. The third kappa shape index (κ3) is 2.00. The van der Waals surface area contributed by atoms with Crippen LogP contribution in [-0.2, 0) is 0 Å². The number of carbonyl (C=O) groups excluding carboxylic acids is 1. The quantitative estimate of drug-likeness (QED) is 0.796. The van der Waals surface area contributed by atoms with Gasteiger partial charge < -0.3 is 10.8 Å². The maximum atomic E-state index is 11.0. The lowest BCUT2D eigenvalue weighted by atomic mass is 10.1. The predicted molar refractivity (Wildman–Crippen MR) is 59.9 cm³/mol. The molecule has 80 valence electrons. The van der Waals surface area contributed by atoms with Crippen molar-refractivity contribution < 1.29 is 9.90 Å². The molecule has 4 heteroatoms. The molecule has 0 spiro atoms. The Kier molecular flexibility index (Phi) is 2.55. The highest BCUT2D eigenvalue weighted by atomic mass is 16.3. The van der Waals surface area contributed by atoms with Crippen LogP contribution >= 0.6 is 0 Å². The summed E-state index contributed by atoms with van der Waals surface area (Å²) in [6, 6.07) is 10.1. The van der Waals surface area contributed by atoms with Crippen LogP contribution in [0.15, 0.2) is 42.6 Å². The molecule has 0 aliphatic heterocycles. The van der Waals surface area contributed by atoms with Crippen molar-refractivity contribution in [3.63, 3.8) is 0 Å². The Hall–Kier alpha value is -2.36. The van der Waals surface area contributed by atoms with Crippen LogP contribution < -0.4 is 5.73 Å². The Labute approximate surface area is 92.4 Å². The van der Waals surface area contributed by atoms with E-state index in [1.165, 1.54) is 6.20 Å². The molecule has 1 aromatic heterocycles. The van der Waals surface area contributed by atoms with E-state index in [4.69, 9.17) is 10.8 Å². The fourth-order valence-corrected chi connectivity index (χ4v) is 1.39. The van der Waals surface area contributed by atoms with Gasteiger partial charge in [-0.25, -0.2) is 0 Å². The van der Waals surface area contributed by atoms with Gasteiger partial charge in [0.1, 0.15) is 5.75 Å². The van der Waals surface area contributed by atoms with Gasteiger partial charge >= 0.3 is 0 Å². The average molecular weight is 214 g/mol. The number of rotatable bonds is 2. The fourth-order valence-electron chi connectivity index (χ4n) is 1.39. The molecule has 4 nitrogen and oxygen atoms in total. The fraction of sp³-hybridized carbons (Fsp3) is 0. The Morgan fingerprint density at radius 3 is 2.69 bits per heavy atom. The lowest BCUT2D eigenvalue weighted by molar-refractivity contribution is 0.100. The molecule has 16 heavy (non-hydrogen) atoms. The van der Waals surface area contributed by atoms with Gasteiger partial charge in [0.05, 0.1) is 11.9 Å². The minimum absolute atomic E-state index is 0.106. The standard InChI is InChI=1S/C12H10N2O2/c13-12(16)9-3-1-2-8(6-9)11-5-4-10(15)7-14-11/h1-7,15H,(H2,13,16). The molecule has 0 bridgehead atoms. The van der Waals surface area contributed by atoms with Gasteiger partial charge in [-0.3, -0.25) is 9.78 Å². The van der Waals surface area contributed by atoms with Crippen LogP contribution in [0.5, 0.6) is 5.75 Å². The normalized spacial score (nSPS) is 10.0. The van der Waals surface area contributed by atoms with Crippen LogP contribution in [0.4, 0.5) is 0 Å². The second-order valence-corrected chi connectivity index (χ2v) is 3.35. The van der Waals surface area contributed by atoms with E-state index in [0.29, 0.717) is 11.3 Å². The van der Waals surface area contributed by atoms with E-state index < -0.39 is 5.91 Å². The van der Waals surface area contributed by atoms with Crippen LogP contribution in [0.2, 0.25) is 0 Å². The molecule has 0 aliphatic carbocycles. The van der Waals surface area contributed by atoms with E-state index >= 15 is 0 Å². The van der Waals surface area contributed by atoms with Crippen molar-refractivity contribution in [1.29, 1.82) is 0 Å². The summed E-state index contributed by atoms with van der Waals surface area (Å²) < 4.78 is 0. The first-order valence-electron chi connectivity index (χ1n) is 4.72. The highest BCUT2D eigenvalue weighted by Gasteiger charge is 2.03. The maximum absolute atomic E-state index is 11.0. The van der Waals surface area contributed by atoms with Crippen LogP contribution in [0.3, 0.4) is 0 Å². The summed E-state index contributed by atoms with van der Waals surface area (Å²) in [7, 11) is 0. The Morgan fingerprint density at radius 2 is 2.06 bits per heavy atom. The van der Waals surface area contributed by atoms with E-state index in [-0.39, 0.29) is 5.75 Å². The molecule has 1 aromatic carbocycles. The Morgan fingerprint density at radius 1 is 1.25 bits per heavy atom. The molecule has 3 N–H and O–H groups in total. The second-order valence-electron chi connectivity index (χ2n) is 3.35. The highest BCUT2D eigenvalue weighted by molar-refractivity contribution is 5.93. The Bertz CT molecular complexity index is 521. The van der Waals surface area contributed by atoms with Gasteiger partial charge in [-0.15, -0.1) is 0 Å². The van der Waals surface area contributed by atoms with Crippen molar-refractivity contribution in [1.82, 2.24) is 4.98 Å². The third-order valence-corrected chi connectivity index (χ3v) is 2.19. The van der Waals surface area contributed by atoms with Crippen LogP contribution in [0, 0.1) is 0 Å². The number of aromatic nitrogens is 1. The summed E-state index contributed by atoms with van der Waals surface area (Å²) in [5.74, 6) is -0.365. The molecule has 0 fully saturated rings. The number of nitrogens with zero attached hydrogens (tertiary/aromatic N) is 1. The first kappa shape index (κ1) is 10.2. The molecule has 2 rings (SSSR count). The van der Waals surface area contributed by atoms with Gasteiger partial charge in [0.15, 0.2) is 0 Å². The van der Waals surface area contributed by atoms with Gasteiger partial charge in [-0.05, 0) is 24.3 Å². The van der Waals surface area contributed by atoms with Gasteiger partial charge in [0.25, 0.3) is 0 Å². The summed E-state index contributed by atoms with van der Waals surface area (Å²) in [5.41, 5.74) is 7.09. The van der Waals surface area contributed by atoms with E-state index in [9.17, 15) is 4.79 Å². The average Bonchev–Trinajstić information content (AvgIpc) is 2.30. The lowest BCUT2D eigenvalue weighted by Crippen LogP contribution is -2.10. The molecule has 1 amide bonds. The SMILES string of the molecule is NC(=O)c1cccc(-c2ccc(O)cn2)c1. The number of carbonyl (C=O) groups is 1. The van der Waals surface area contributed by atoms with E-state index in [1.807, 2.05) is 6.07 Å². The predicted octanol–water partition coefficient (Wildman–Crippen LogP) is 1.55. The van der Waals surface area contributed by atoms with E-state index in [0.717, 1.165) is 5.56 Å². The van der Waals surface area contributed by atoms with Gasteiger partial charge in [0, 0.05) is 11.1 Å². The topological polar surface area (TPSA) is 76.2 Å². The monoisotopic (exact) mass is 214 g/mol. The third-order valence-electron chi connectivity index (χ3n) is 2.19. The molecule has 1 heterocycles. The van der Waals surface area contributed by atoms with Gasteiger partial charge in [0.2, 0.25) is 5.91 Å². The molecule has 0 saturated heterocycles. The lowest BCUT2D eigenvalue weighted by Gasteiger charge is -2.02. The molecule has 0 radical (unpaired) electrons. The summed E-state index contributed by atoms with van der Waals surface area (Å²) in [4.78, 5) is 15.0. The summed E-state index contributed by atoms with van der Waals surface area (Å²) in [6.45, 7) is 0. The number of benzene rings is 1. The molecular weight excluding hydrogens is 204 g/mol. The van der Waals surface area contributed by atoms with Gasteiger partial charge in [-0.1, -0.05) is 12.1 Å². The number of nitrogens with two attached hydrogens (primary N) is 1. The van der Waals surface area contributed by atoms with Crippen LogP contribution in [-0.4, -0.2) is 16.0 Å². The first-order valence-corrected chi connectivity index (χ1v) is 4.72. The summed E-state index contributed by atoms with van der Waals surface area (Å²) in [5, 5.41) is 9.11. The number of amides is 1. The molecule has 0 saturated carbocycles. The molecule has 0 atom stereocenters. The molecule has 2 aromatic rings. The molecule has 0 unspecified atom stereocenters. The van der Waals surface area contributed by atoms with Crippen molar-refractivity contribution in [3.05, 3.63) is 48.2 Å². The zero-order chi connectivity index (χ0) is 11.5. The minimum Gasteiger partial charge on any atom is -0.506 e. The zero-order valence-corrected chi connectivity index (χ0v) is 8.42. The summed E-state index contributed by atoms with van der Waals surface area (Å²) >= 11 is 0. The number of primary amides is 1. The van der Waals surface area contributed by atoms with E-state index in [1.54, 1.807) is 30.3 Å². The van der Waals surface area contributed by atoms with Crippen molar-refractivity contribution in [2.45, 2.75) is 0 Å².